The number of H-pyrrole nitrogens is 1. The molecule has 0 spiro atoms. The van der Waals surface area contributed by atoms with E-state index >= 15 is 0 Å². The Morgan fingerprint density at radius 1 is 1.07 bits per heavy atom. The third kappa shape index (κ3) is 4.94. The molecule has 138 valence electrons. The number of ether oxygens (including phenoxy) is 2. The Labute approximate surface area is 156 Å². The van der Waals surface area contributed by atoms with E-state index in [-0.39, 0.29) is 11.6 Å². The first-order chi connectivity index (χ1) is 13.2. The summed E-state index contributed by atoms with van der Waals surface area (Å²) in [5.41, 5.74) is 2.31. The second kappa shape index (κ2) is 8.66. The van der Waals surface area contributed by atoms with Crippen LogP contribution in [0.4, 0.5) is 0 Å². The molecule has 2 N–H and O–H groups in total. The third-order valence-electron chi connectivity index (χ3n) is 3.83. The number of carbonyl (C=O) groups is 2. The van der Waals surface area contributed by atoms with Gasteiger partial charge < -0.3 is 14.8 Å². The van der Waals surface area contributed by atoms with Crippen LogP contribution in [0.25, 0.3) is 0 Å². The lowest BCUT2D eigenvalue weighted by Gasteiger charge is -2.05. The maximum Gasteiger partial charge on any atom is 0.337 e. The van der Waals surface area contributed by atoms with Gasteiger partial charge in [0.25, 0.3) is 5.91 Å². The van der Waals surface area contributed by atoms with Crippen molar-refractivity contribution >= 4 is 11.9 Å². The number of esters is 1. The largest absolute Gasteiger partial charge is 0.487 e. The van der Waals surface area contributed by atoms with E-state index in [2.05, 4.69) is 20.3 Å². The zero-order valence-electron chi connectivity index (χ0n) is 14.8. The lowest BCUT2D eigenvalue weighted by molar-refractivity contribution is 0.0600. The Kier molecular flexibility index (Phi) is 5.84. The normalized spacial score (nSPS) is 10.3. The number of aromatic nitrogens is 2. The maximum absolute atomic E-state index is 12.2. The standard InChI is InChI=1S/C20H19N3O4/c1-26-20(25)15-9-7-14(8-10-15)12-21-19(24)18-11-16(22-23-18)13-27-17-5-3-2-4-6-17/h2-11H,12-13H2,1H3,(H,21,24)(H,22,23). The number of hydrogen-bond donors (Lipinski definition) is 2. The van der Waals surface area contributed by atoms with E-state index in [4.69, 9.17) is 4.74 Å². The van der Waals surface area contributed by atoms with Gasteiger partial charge in [-0.25, -0.2) is 4.79 Å². The molecule has 0 saturated carbocycles. The molecule has 7 heteroatoms. The molecule has 0 unspecified atom stereocenters. The van der Waals surface area contributed by atoms with Gasteiger partial charge in [0.05, 0.1) is 18.4 Å². The second-order valence-corrected chi connectivity index (χ2v) is 5.75. The molecular formula is C20H19N3O4. The van der Waals surface area contributed by atoms with Crippen molar-refractivity contribution in [3.8, 4) is 5.75 Å². The summed E-state index contributed by atoms with van der Waals surface area (Å²) < 4.78 is 10.3. The van der Waals surface area contributed by atoms with Crippen molar-refractivity contribution in [3.63, 3.8) is 0 Å². The molecule has 0 radical (unpaired) electrons. The maximum atomic E-state index is 12.2. The van der Waals surface area contributed by atoms with Crippen LogP contribution >= 0.6 is 0 Å². The van der Waals surface area contributed by atoms with Crippen LogP contribution in [0.5, 0.6) is 5.75 Å². The minimum absolute atomic E-state index is 0.285. The van der Waals surface area contributed by atoms with E-state index in [1.54, 1.807) is 30.3 Å². The van der Waals surface area contributed by atoms with Crippen LogP contribution in [0, 0.1) is 0 Å². The molecule has 0 bridgehead atoms. The number of aromatic amines is 1. The molecule has 1 heterocycles. The van der Waals surface area contributed by atoms with Crippen molar-refractivity contribution in [2.24, 2.45) is 0 Å². The fraction of sp³-hybridized carbons (Fsp3) is 0.150. The minimum atomic E-state index is -0.396. The van der Waals surface area contributed by atoms with Gasteiger partial charge in [-0.05, 0) is 35.9 Å². The van der Waals surface area contributed by atoms with Crippen LogP contribution in [0.2, 0.25) is 0 Å². The minimum Gasteiger partial charge on any atom is -0.487 e. The van der Waals surface area contributed by atoms with E-state index in [1.165, 1.54) is 7.11 Å². The molecular weight excluding hydrogens is 346 g/mol. The monoisotopic (exact) mass is 365 g/mol. The first kappa shape index (κ1) is 18.2. The van der Waals surface area contributed by atoms with Gasteiger partial charge in [-0.2, -0.15) is 5.10 Å². The molecule has 0 aliphatic heterocycles. The Bertz CT molecular complexity index is 904. The topological polar surface area (TPSA) is 93.3 Å². The summed E-state index contributed by atoms with van der Waals surface area (Å²) in [6.07, 6.45) is 0. The molecule has 0 aliphatic rings. The summed E-state index contributed by atoms with van der Waals surface area (Å²) in [6.45, 7) is 0.613. The SMILES string of the molecule is COC(=O)c1ccc(CNC(=O)c2cc(COc3ccccc3)[nH]n2)cc1. The summed E-state index contributed by atoms with van der Waals surface area (Å²) in [6, 6.07) is 17.9. The van der Waals surface area contributed by atoms with E-state index in [0.29, 0.717) is 24.4 Å². The Morgan fingerprint density at radius 2 is 1.81 bits per heavy atom. The smallest absolute Gasteiger partial charge is 0.337 e. The van der Waals surface area contributed by atoms with Crippen LogP contribution < -0.4 is 10.1 Å². The lowest BCUT2D eigenvalue weighted by atomic mass is 10.1. The molecule has 3 rings (SSSR count). The van der Waals surface area contributed by atoms with Crippen molar-refractivity contribution in [2.75, 3.05) is 7.11 Å². The highest BCUT2D eigenvalue weighted by molar-refractivity contribution is 5.92. The molecule has 0 aliphatic carbocycles. The fourth-order valence-corrected chi connectivity index (χ4v) is 2.38. The van der Waals surface area contributed by atoms with Gasteiger partial charge in [-0.1, -0.05) is 30.3 Å². The highest BCUT2D eigenvalue weighted by Gasteiger charge is 2.11. The predicted molar refractivity (Wildman–Crippen MR) is 98.3 cm³/mol. The van der Waals surface area contributed by atoms with E-state index < -0.39 is 5.97 Å². The molecule has 7 nitrogen and oxygen atoms in total. The summed E-state index contributed by atoms with van der Waals surface area (Å²) in [7, 11) is 1.33. The van der Waals surface area contributed by atoms with Gasteiger partial charge in [0.15, 0.2) is 0 Å². The van der Waals surface area contributed by atoms with Crippen LogP contribution in [-0.2, 0) is 17.9 Å². The molecule has 3 aromatic rings. The van der Waals surface area contributed by atoms with Crippen LogP contribution in [0.1, 0.15) is 32.1 Å². The summed E-state index contributed by atoms with van der Waals surface area (Å²) >= 11 is 0. The van der Waals surface area contributed by atoms with Crippen molar-refractivity contribution in [3.05, 3.63) is 83.2 Å². The van der Waals surface area contributed by atoms with Crippen LogP contribution in [0.3, 0.4) is 0 Å². The predicted octanol–water partition coefficient (Wildman–Crippen LogP) is 2.71. The molecule has 1 aromatic heterocycles. The van der Waals surface area contributed by atoms with Gasteiger partial charge in [0.2, 0.25) is 0 Å². The van der Waals surface area contributed by atoms with Crippen molar-refractivity contribution < 1.29 is 19.1 Å². The number of para-hydroxylation sites is 1. The van der Waals surface area contributed by atoms with Crippen molar-refractivity contribution in [1.82, 2.24) is 15.5 Å². The molecule has 1 amide bonds. The van der Waals surface area contributed by atoms with Crippen LogP contribution in [0.15, 0.2) is 60.7 Å². The van der Waals surface area contributed by atoms with Gasteiger partial charge in [-0.3, -0.25) is 9.89 Å². The average Bonchev–Trinajstić information content (AvgIpc) is 3.20. The number of methoxy groups -OCH3 is 1. The molecule has 0 atom stereocenters. The zero-order valence-corrected chi connectivity index (χ0v) is 14.8. The van der Waals surface area contributed by atoms with Gasteiger partial charge >= 0.3 is 5.97 Å². The number of hydrogen-bond acceptors (Lipinski definition) is 5. The lowest BCUT2D eigenvalue weighted by Crippen LogP contribution is -2.23. The molecule has 2 aromatic carbocycles. The van der Waals surface area contributed by atoms with Crippen LogP contribution in [-0.4, -0.2) is 29.2 Å². The van der Waals surface area contributed by atoms with Crippen molar-refractivity contribution in [2.45, 2.75) is 13.2 Å². The van der Waals surface area contributed by atoms with E-state index in [9.17, 15) is 9.59 Å². The quantitative estimate of drug-likeness (QED) is 0.628. The number of carbonyl (C=O) groups excluding carboxylic acids is 2. The van der Waals surface area contributed by atoms with Gasteiger partial charge in [-0.15, -0.1) is 0 Å². The number of nitrogens with one attached hydrogen (secondary N) is 2. The van der Waals surface area contributed by atoms with Crippen molar-refractivity contribution in [1.29, 1.82) is 0 Å². The van der Waals surface area contributed by atoms with Gasteiger partial charge in [0.1, 0.15) is 18.1 Å². The average molecular weight is 365 g/mol. The number of benzene rings is 2. The Balaban J connectivity index is 1.51. The van der Waals surface area contributed by atoms with E-state index in [0.717, 1.165) is 11.3 Å². The second-order valence-electron chi connectivity index (χ2n) is 5.75. The highest BCUT2D eigenvalue weighted by Crippen LogP contribution is 2.11. The first-order valence-corrected chi connectivity index (χ1v) is 8.33. The molecule has 0 fully saturated rings. The Hall–Kier alpha value is -3.61. The summed E-state index contributed by atoms with van der Waals surface area (Å²) in [5, 5.41) is 9.59. The number of rotatable bonds is 7. The third-order valence-corrected chi connectivity index (χ3v) is 3.83. The summed E-state index contributed by atoms with van der Waals surface area (Å²) in [5.74, 6) is 0.0510. The first-order valence-electron chi connectivity index (χ1n) is 8.33. The Morgan fingerprint density at radius 3 is 2.52 bits per heavy atom. The molecule has 27 heavy (non-hydrogen) atoms. The van der Waals surface area contributed by atoms with Gasteiger partial charge in [0, 0.05) is 6.54 Å². The summed E-state index contributed by atoms with van der Waals surface area (Å²) in [4.78, 5) is 23.6. The number of nitrogens with zero attached hydrogens (tertiary/aromatic N) is 1. The number of amides is 1. The highest BCUT2D eigenvalue weighted by atomic mass is 16.5. The van der Waals surface area contributed by atoms with E-state index in [1.807, 2.05) is 30.3 Å². The zero-order chi connectivity index (χ0) is 19.1. The molecule has 0 saturated heterocycles. The fourth-order valence-electron chi connectivity index (χ4n) is 2.38.